The monoisotopic (exact) mass is 409 g/mol. The minimum atomic E-state index is -0.0147. The number of hydrogen-bond acceptors (Lipinski definition) is 5. The summed E-state index contributed by atoms with van der Waals surface area (Å²) in [4.78, 5) is 15.4. The molecule has 0 aliphatic carbocycles. The van der Waals surface area contributed by atoms with Crippen molar-refractivity contribution in [2.45, 2.75) is 25.8 Å². The number of allylic oxidation sites excluding steroid dienone is 1. The smallest absolute Gasteiger partial charge is 0.254 e. The van der Waals surface area contributed by atoms with Crippen molar-refractivity contribution in [3.05, 3.63) is 53.1 Å². The molecule has 0 saturated carbocycles. The van der Waals surface area contributed by atoms with Gasteiger partial charge in [-0.15, -0.1) is 0 Å². The van der Waals surface area contributed by atoms with E-state index in [4.69, 9.17) is 18.9 Å². The number of fused-ring (bicyclic) bond motifs is 1. The molecule has 4 rings (SSSR count). The third-order valence-corrected chi connectivity index (χ3v) is 5.57. The Labute approximate surface area is 177 Å². The zero-order valence-corrected chi connectivity index (χ0v) is 17.6. The fourth-order valence-corrected chi connectivity index (χ4v) is 4.21. The first kappa shape index (κ1) is 20.1. The van der Waals surface area contributed by atoms with Crippen LogP contribution in [0.25, 0.3) is 6.08 Å². The Hall–Kier alpha value is -3.15. The molecule has 1 amide bonds. The standard InChI is InChI=1S/C24H27NO5/c1-4-6-17-13-18(15-22(27-2)23(17)28-3)24(26)25-10-5-7-19(25)16-8-9-20-21(14-16)30-12-11-29-20/h4,6,8-9,13-15,19H,5,7,10-12H2,1-3H3. The first-order valence-electron chi connectivity index (χ1n) is 10.3. The molecule has 0 spiro atoms. The molecule has 0 N–H and O–H groups in total. The van der Waals surface area contributed by atoms with E-state index in [-0.39, 0.29) is 11.9 Å². The fourth-order valence-electron chi connectivity index (χ4n) is 4.21. The van der Waals surface area contributed by atoms with Crippen LogP contribution in [0.1, 0.15) is 47.3 Å². The number of carbonyl (C=O) groups is 1. The lowest BCUT2D eigenvalue weighted by Gasteiger charge is -2.27. The molecular weight excluding hydrogens is 382 g/mol. The molecule has 1 fully saturated rings. The number of rotatable bonds is 5. The van der Waals surface area contributed by atoms with Gasteiger partial charge in [0.25, 0.3) is 5.91 Å². The maximum atomic E-state index is 13.5. The van der Waals surface area contributed by atoms with Crippen LogP contribution in [0.3, 0.4) is 0 Å². The molecule has 1 atom stereocenters. The van der Waals surface area contributed by atoms with E-state index in [0.29, 0.717) is 36.8 Å². The van der Waals surface area contributed by atoms with Gasteiger partial charge in [-0.1, -0.05) is 18.2 Å². The van der Waals surface area contributed by atoms with Crippen LogP contribution < -0.4 is 18.9 Å². The number of carbonyl (C=O) groups excluding carboxylic acids is 1. The lowest BCUT2D eigenvalue weighted by atomic mass is 10.0. The summed E-state index contributed by atoms with van der Waals surface area (Å²) < 4.78 is 22.4. The van der Waals surface area contributed by atoms with Gasteiger partial charge in [0.15, 0.2) is 23.0 Å². The van der Waals surface area contributed by atoms with E-state index in [9.17, 15) is 4.79 Å². The molecule has 0 aromatic heterocycles. The Morgan fingerprint density at radius 3 is 2.63 bits per heavy atom. The fraction of sp³-hybridized carbons (Fsp3) is 0.375. The molecule has 2 aromatic carbocycles. The number of hydrogen-bond donors (Lipinski definition) is 0. The lowest BCUT2D eigenvalue weighted by molar-refractivity contribution is 0.0734. The van der Waals surface area contributed by atoms with E-state index in [1.165, 1.54) is 0 Å². The highest BCUT2D eigenvalue weighted by Crippen LogP contribution is 2.40. The normalized spacial score (nSPS) is 18.0. The molecule has 158 valence electrons. The van der Waals surface area contributed by atoms with Gasteiger partial charge < -0.3 is 23.8 Å². The molecule has 2 aliphatic heterocycles. The summed E-state index contributed by atoms with van der Waals surface area (Å²) >= 11 is 0. The van der Waals surface area contributed by atoms with Crippen LogP contribution in [0, 0.1) is 0 Å². The summed E-state index contributed by atoms with van der Waals surface area (Å²) in [6.45, 7) is 3.75. The molecule has 1 unspecified atom stereocenters. The van der Waals surface area contributed by atoms with Gasteiger partial charge >= 0.3 is 0 Å². The number of methoxy groups -OCH3 is 2. The second kappa shape index (κ2) is 8.69. The molecule has 2 heterocycles. The van der Waals surface area contributed by atoms with Gasteiger partial charge in [-0.2, -0.15) is 0 Å². The maximum Gasteiger partial charge on any atom is 0.254 e. The summed E-state index contributed by atoms with van der Waals surface area (Å²) in [6, 6.07) is 9.60. The number of ether oxygens (including phenoxy) is 4. The molecule has 30 heavy (non-hydrogen) atoms. The van der Waals surface area contributed by atoms with E-state index in [1.54, 1.807) is 20.3 Å². The predicted molar refractivity (Wildman–Crippen MR) is 115 cm³/mol. The van der Waals surface area contributed by atoms with Crippen molar-refractivity contribution in [1.29, 1.82) is 0 Å². The zero-order chi connectivity index (χ0) is 21.1. The lowest BCUT2D eigenvalue weighted by Crippen LogP contribution is -2.30. The van der Waals surface area contributed by atoms with Crippen LogP contribution >= 0.6 is 0 Å². The molecule has 6 nitrogen and oxygen atoms in total. The molecule has 2 aliphatic rings. The van der Waals surface area contributed by atoms with E-state index in [2.05, 4.69) is 0 Å². The predicted octanol–water partition coefficient (Wildman–Crippen LogP) is 4.49. The number of amides is 1. The molecule has 1 saturated heterocycles. The largest absolute Gasteiger partial charge is 0.493 e. The maximum absolute atomic E-state index is 13.5. The molecule has 0 radical (unpaired) electrons. The number of benzene rings is 2. The number of likely N-dealkylation sites (tertiary alicyclic amines) is 1. The van der Waals surface area contributed by atoms with Gasteiger partial charge in [0.1, 0.15) is 13.2 Å². The van der Waals surface area contributed by atoms with Crippen molar-refractivity contribution < 1.29 is 23.7 Å². The van der Waals surface area contributed by atoms with Gasteiger partial charge in [-0.3, -0.25) is 4.79 Å². The second-order valence-electron chi connectivity index (χ2n) is 7.36. The van der Waals surface area contributed by atoms with Gasteiger partial charge in [0, 0.05) is 17.7 Å². The SMILES string of the molecule is CC=Cc1cc(C(=O)N2CCCC2c2ccc3c(c2)OCCO3)cc(OC)c1OC. The van der Waals surface area contributed by atoms with E-state index < -0.39 is 0 Å². The summed E-state index contributed by atoms with van der Waals surface area (Å²) in [6.07, 6.45) is 5.71. The van der Waals surface area contributed by atoms with E-state index in [0.717, 1.165) is 35.5 Å². The highest BCUT2D eigenvalue weighted by molar-refractivity contribution is 5.96. The van der Waals surface area contributed by atoms with Crippen molar-refractivity contribution in [1.82, 2.24) is 4.90 Å². The van der Waals surface area contributed by atoms with Gasteiger partial charge in [-0.25, -0.2) is 0 Å². The van der Waals surface area contributed by atoms with Crippen molar-refractivity contribution >= 4 is 12.0 Å². The molecule has 2 aromatic rings. The third-order valence-electron chi connectivity index (χ3n) is 5.57. The van der Waals surface area contributed by atoms with E-state index >= 15 is 0 Å². The van der Waals surface area contributed by atoms with Crippen molar-refractivity contribution in [3.63, 3.8) is 0 Å². The van der Waals surface area contributed by atoms with Gasteiger partial charge in [0.05, 0.1) is 20.3 Å². The summed E-state index contributed by atoms with van der Waals surface area (Å²) in [7, 11) is 3.18. The first-order chi connectivity index (χ1) is 14.7. The van der Waals surface area contributed by atoms with Crippen molar-refractivity contribution in [3.8, 4) is 23.0 Å². The Bertz CT molecular complexity index is 968. The minimum absolute atomic E-state index is 0.00610. The topological polar surface area (TPSA) is 57.2 Å². The summed E-state index contributed by atoms with van der Waals surface area (Å²) in [5.74, 6) is 2.67. The van der Waals surface area contributed by atoms with Crippen LogP contribution in [0.4, 0.5) is 0 Å². The van der Waals surface area contributed by atoms with Gasteiger partial charge in [0.2, 0.25) is 0 Å². The average Bonchev–Trinajstić information content (AvgIpc) is 3.27. The summed E-state index contributed by atoms with van der Waals surface area (Å²) in [5.41, 5.74) is 2.47. The Balaban J connectivity index is 1.66. The van der Waals surface area contributed by atoms with Crippen LogP contribution in [0.15, 0.2) is 36.4 Å². The first-order valence-corrected chi connectivity index (χ1v) is 10.3. The Morgan fingerprint density at radius 2 is 1.90 bits per heavy atom. The van der Waals surface area contributed by atoms with Crippen molar-refractivity contribution in [2.75, 3.05) is 34.0 Å². The second-order valence-corrected chi connectivity index (χ2v) is 7.36. The van der Waals surface area contributed by atoms with Gasteiger partial charge in [-0.05, 0) is 49.6 Å². The van der Waals surface area contributed by atoms with Crippen LogP contribution in [-0.4, -0.2) is 44.8 Å². The van der Waals surface area contributed by atoms with Crippen LogP contribution in [0.2, 0.25) is 0 Å². The Morgan fingerprint density at radius 1 is 1.10 bits per heavy atom. The van der Waals surface area contributed by atoms with E-state index in [1.807, 2.05) is 48.2 Å². The van der Waals surface area contributed by atoms with Crippen molar-refractivity contribution in [2.24, 2.45) is 0 Å². The summed E-state index contributed by atoms with van der Waals surface area (Å²) in [5, 5.41) is 0. The highest BCUT2D eigenvalue weighted by Gasteiger charge is 2.32. The average molecular weight is 409 g/mol. The quantitative estimate of drug-likeness (QED) is 0.729. The highest BCUT2D eigenvalue weighted by atomic mass is 16.6. The number of nitrogens with zero attached hydrogens (tertiary/aromatic N) is 1. The molecular formula is C24H27NO5. The Kier molecular flexibility index (Phi) is 5.84. The molecule has 0 bridgehead atoms. The zero-order valence-electron chi connectivity index (χ0n) is 17.6. The third kappa shape index (κ3) is 3.70. The minimum Gasteiger partial charge on any atom is -0.493 e. The van der Waals surface area contributed by atoms with Crippen LogP contribution in [-0.2, 0) is 0 Å². The molecule has 6 heteroatoms. The van der Waals surface area contributed by atoms with Crippen LogP contribution in [0.5, 0.6) is 23.0 Å².